The fourth-order valence-electron chi connectivity index (χ4n) is 3.71. The van der Waals surface area contributed by atoms with Gasteiger partial charge >= 0.3 is 0 Å². The molecular weight excluding hydrogens is 264 g/mol. The number of benzene rings is 1. The Morgan fingerprint density at radius 2 is 1.90 bits per heavy atom. The van der Waals surface area contributed by atoms with Crippen LogP contribution in [0.25, 0.3) is 0 Å². The van der Waals surface area contributed by atoms with Crippen molar-refractivity contribution in [1.29, 1.82) is 0 Å². The maximum absolute atomic E-state index is 13.0. The highest BCUT2D eigenvalue weighted by molar-refractivity contribution is 5.98. The second kappa shape index (κ2) is 5.17. The van der Waals surface area contributed by atoms with Crippen LogP contribution in [-0.2, 0) is 15.1 Å². The largest absolute Gasteiger partial charge is 0.337 e. The van der Waals surface area contributed by atoms with Crippen LogP contribution in [-0.4, -0.2) is 29.3 Å². The summed E-state index contributed by atoms with van der Waals surface area (Å²) in [7, 11) is 0. The minimum Gasteiger partial charge on any atom is -0.337 e. The molecule has 1 aromatic rings. The summed E-state index contributed by atoms with van der Waals surface area (Å²) in [5, 5.41) is 2.90. The predicted octanol–water partition coefficient (Wildman–Crippen LogP) is 2.05. The number of hydrogen-bond acceptors (Lipinski definition) is 2. The van der Waals surface area contributed by atoms with Crippen molar-refractivity contribution in [2.45, 2.75) is 44.7 Å². The number of amides is 2. The third-order valence-corrected chi connectivity index (χ3v) is 4.96. The van der Waals surface area contributed by atoms with Crippen LogP contribution in [0, 0.1) is 5.92 Å². The molecule has 4 heteroatoms. The van der Waals surface area contributed by atoms with Gasteiger partial charge in [0.15, 0.2) is 0 Å². The van der Waals surface area contributed by atoms with E-state index in [1.54, 1.807) is 0 Å². The van der Waals surface area contributed by atoms with Gasteiger partial charge in [-0.1, -0.05) is 43.7 Å². The zero-order valence-corrected chi connectivity index (χ0v) is 12.6. The van der Waals surface area contributed by atoms with Gasteiger partial charge in [-0.2, -0.15) is 0 Å². The third kappa shape index (κ3) is 2.33. The molecule has 1 heterocycles. The average molecular weight is 286 g/mol. The monoisotopic (exact) mass is 286 g/mol. The molecule has 0 bridgehead atoms. The van der Waals surface area contributed by atoms with Crippen LogP contribution < -0.4 is 5.32 Å². The number of hydrogen-bond donors (Lipinski definition) is 1. The molecule has 21 heavy (non-hydrogen) atoms. The first-order valence-corrected chi connectivity index (χ1v) is 7.70. The van der Waals surface area contributed by atoms with E-state index in [4.69, 9.17) is 0 Å². The van der Waals surface area contributed by atoms with Crippen LogP contribution in [0.3, 0.4) is 0 Å². The molecule has 112 valence electrons. The van der Waals surface area contributed by atoms with Gasteiger partial charge in [-0.05, 0) is 31.2 Å². The number of piperazine rings is 1. The van der Waals surface area contributed by atoms with E-state index in [0.29, 0.717) is 5.92 Å². The van der Waals surface area contributed by atoms with Crippen LogP contribution >= 0.6 is 0 Å². The van der Waals surface area contributed by atoms with Crippen molar-refractivity contribution in [3.63, 3.8) is 0 Å². The number of rotatable bonds is 2. The summed E-state index contributed by atoms with van der Waals surface area (Å²) in [5.74, 6) is 0.423. The second-order valence-corrected chi connectivity index (χ2v) is 6.45. The van der Waals surface area contributed by atoms with Crippen molar-refractivity contribution in [2.24, 2.45) is 5.92 Å². The summed E-state index contributed by atoms with van der Waals surface area (Å²) in [5.41, 5.74) is -0.0995. The van der Waals surface area contributed by atoms with Gasteiger partial charge in [0.1, 0.15) is 5.54 Å². The molecule has 1 aromatic carbocycles. The third-order valence-electron chi connectivity index (χ3n) is 4.96. The van der Waals surface area contributed by atoms with E-state index in [1.807, 2.05) is 42.2 Å². The van der Waals surface area contributed by atoms with E-state index in [9.17, 15) is 9.59 Å². The smallest absolute Gasteiger partial charge is 0.253 e. The zero-order chi connectivity index (χ0) is 15.0. The molecule has 1 saturated carbocycles. The number of carbonyl (C=O) groups excluding carboxylic acids is 2. The Kier molecular flexibility index (Phi) is 3.47. The first-order valence-electron chi connectivity index (χ1n) is 7.70. The highest BCUT2D eigenvalue weighted by Gasteiger charge is 2.47. The minimum atomic E-state index is -0.946. The highest BCUT2D eigenvalue weighted by atomic mass is 16.2. The number of carbonyl (C=O) groups is 2. The molecular formula is C17H22N2O2. The number of nitrogens with zero attached hydrogens (tertiary/aromatic N) is 1. The summed E-state index contributed by atoms with van der Waals surface area (Å²) in [6.45, 7) is 4.18. The molecule has 2 fully saturated rings. The molecule has 1 N–H and O–H groups in total. The van der Waals surface area contributed by atoms with Gasteiger partial charge in [-0.25, -0.2) is 0 Å². The zero-order valence-electron chi connectivity index (χ0n) is 12.6. The lowest BCUT2D eigenvalue weighted by Crippen LogP contribution is -2.65. The Morgan fingerprint density at radius 1 is 1.19 bits per heavy atom. The van der Waals surface area contributed by atoms with Gasteiger partial charge < -0.3 is 10.2 Å². The molecule has 1 aliphatic carbocycles. The van der Waals surface area contributed by atoms with Crippen LogP contribution in [0.1, 0.15) is 38.7 Å². The topological polar surface area (TPSA) is 49.4 Å². The standard InChI is InChI=1S/C17H22N2O2/c1-12-7-6-10-14(12)19-11-15(20)18-17(2,16(19)21)13-8-4-3-5-9-13/h3-5,8-9,12,14H,6-7,10-11H2,1-2H3,(H,18,20). The van der Waals surface area contributed by atoms with E-state index >= 15 is 0 Å². The summed E-state index contributed by atoms with van der Waals surface area (Å²) >= 11 is 0. The molecule has 0 aromatic heterocycles. The normalized spacial score (nSPS) is 33.1. The van der Waals surface area contributed by atoms with Crippen LogP contribution in [0.2, 0.25) is 0 Å². The lowest BCUT2D eigenvalue weighted by atomic mass is 9.87. The maximum atomic E-state index is 13.0. The summed E-state index contributed by atoms with van der Waals surface area (Å²) < 4.78 is 0. The van der Waals surface area contributed by atoms with Gasteiger partial charge in [0.2, 0.25) is 5.91 Å². The van der Waals surface area contributed by atoms with E-state index in [-0.39, 0.29) is 24.4 Å². The maximum Gasteiger partial charge on any atom is 0.253 e. The molecule has 1 aliphatic heterocycles. The lowest BCUT2D eigenvalue weighted by Gasteiger charge is -2.43. The van der Waals surface area contributed by atoms with Crippen LogP contribution in [0.4, 0.5) is 0 Å². The van der Waals surface area contributed by atoms with Crippen molar-refractivity contribution in [2.75, 3.05) is 6.54 Å². The molecule has 0 radical (unpaired) electrons. The van der Waals surface area contributed by atoms with Crippen molar-refractivity contribution < 1.29 is 9.59 Å². The highest BCUT2D eigenvalue weighted by Crippen LogP contribution is 2.34. The molecule has 3 rings (SSSR count). The number of nitrogens with one attached hydrogen (secondary N) is 1. The fraction of sp³-hybridized carbons (Fsp3) is 0.529. The Bertz CT molecular complexity index is 557. The van der Waals surface area contributed by atoms with Gasteiger partial charge in [-0.3, -0.25) is 9.59 Å². The quantitative estimate of drug-likeness (QED) is 0.904. The van der Waals surface area contributed by atoms with Gasteiger partial charge in [0, 0.05) is 6.04 Å². The van der Waals surface area contributed by atoms with Crippen molar-refractivity contribution in [3.05, 3.63) is 35.9 Å². The Morgan fingerprint density at radius 3 is 2.52 bits per heavy atom. The second-order valence-electron chi connectivity index (χ2n) is 6.45. The first-order chi connectivity index (χ1) is 10.0. The van der Waals surface area contributed by atoms with Crippen molar-refractivity contribution >= 4 is 11.8 Å². The fourth-order valence-corrected chi connectivity index (χ4v) is 3.71. The Labute approximate surface area is 125 Å². The van der Waals surface area contributed by atoms with Crippen LogP contribution in [0.15, 0.2) is 30.3 Å². The SMILES string of the molecule is CC1CCCC1N1CC(=O)NC(C)(c2ccccc2)C1=O. The van der Waals surface area contributed by atoms with Crippen LogP contribution in [0.5, 0.6) is 0 Å². The molecule has 2 aliphatic rings. The molecule has 1 saturated heterocycles. The molecule has 4 nitrogen and oxygen atoms in total. The minimum absolute atomic E-state index is 0.0204. The average Bonchev–Trinajstić information content (AvgIpc) is 2.90. The first kappa shape index (κ1) is 14.1. The van der Waals surface area contributed by atoms with E-state index in [2.05, 4.69) is 12.2 Å². The Hall–Kier alpha value is -1.84. The predicted molar refractivity (Wildman–Crippen MR) is 80.5 cm³/mol. The molecule has 2 amide bonds. The summed E-state index contributed by atoms with van der Waals surface area (Å²) in [6, 6.07) is 9.72. The van der Waals surface area contributed by atoms with Gasteiger partial charge in [0.25, 0.3) is 5.91 Å². The Balaban J connectivity index is 1.95. The molecule has 3 unspecified atom stereocenters. The molecule has 3 atom stereocenters. The summed E-state index contributed by atoms with van der Waals surface area (Å²) in [4.78, 5) is 27.0. The van der Waals surface area contributed by atoms with E-state index < -0.39 is 5.54 Å². The lowest BCUT2D eigenvalue weighted by molar-refractivity contribution is -0.152. The van der Waals surface area contributed by atoms with Crippen molar-refractivity contribution in [3.8, 4) is 0 Å². The van der Waals surface area contributed by atoms with Crippen molar-refractivity contribution in [1.82, 2.24) is 10.2 Å². The van der Waals surface area contributed by atoms with Gasteiger partial charge in [0.05, 0.1) is 6.54 Å². The van der Waals surface area contributed by atoms with E-state index in [1.165, 1.54) is 0 Å². The summed E-state index contributed by atoms with van der Waals surface area (Å²) in [6.07, 6.45) is 3.28. The van der Waals surface area contributed by atoms with Gasteiger partial charge in [-0.15, -0.1) is 0 Å². The molecule has 0 spiro atoms. The van der Waals surface area contributed by atoms with E-state index in [0.717, 1.165) is 24.8 Å².